The average molecular weight is 467 g/mol. The maximum Gasteiger partial charge on any atom is 0.148 e. The van der Waals surface area contributed by atoms with Gasteiger partial charge in [0, 0.05) is 5.41 Å². The number of hydrogen-bond acceptors (Lipinski definition) is 0. The topological polar surface area (TPSA) is 0 Å². The smallest absolute Gasteiger partial charge is 0.0624 e. The fourth-order valence-electron chi connectivity index (χ4n) is 6.31. The summed E-state index contributed by atoms with van der Waals surface area (Å²) in [6, 6.07) is 57.6. The lowest BCUT2D eigenvalue weighted by molar-refractivity contribution is 0.743. The molecular formula is C34H30Si. The molecule has 1 fully saturated rings. The first-order chi connectivity index (χ1) is 17.3. The third-order valence-corrected chi connectivity index (χ3v) is 13.1. The lowest BCUT2D eigenvalue weighted by Crippen LogP contribution is -2.67. The van der Waals surface area contributed by atoms with Crippen molar-refractivity contribution >= 4 is 23.6 Å². The molecule has 1 saturated carbocycles. The first kappa shape index (κ1) is 21.8. The van der Waals surface area contributed by atoms with Crippen LogP contribution >= 0.6 is 0 Å². The molecule has 0 spiro atoms. The average Bonchev–Trinajstić information content (AvgIpc) is 3.69. The van der Waals surface area contributed by atoms with Gasteiger partial charge in [-0.3, -0.25) is 0 Å². The zero-order valence-electron chi connectivity index (χ0n) is 19.9. The van der Waals surface area contributed by atoms with E-state index in [-0.39, 0.29) is 5.41 Å². The van der Waals surface area contributed by atoms with E-state index in [1.165, 1.54) is 39.2 Å². The van der Waals surface area contributed by atoms with E-state index in [1.807, 2.05) is 0 Å². The first-order valence-electron chi connectivity index (χ1n) is 12.6. The van der Waals surface area contributed by atoms with E-state index in [0.29, 0.717) is 5.92 Å². The van der Waals surface area contributed by atoms with Crippen LogP contribution in [0.4, 0.5) is 0 Å². The molecule has 1 heteroatoms. The Bertz CT molecular complexity index is 1230. The van der Waals surface area contributed by atoms with Crippen molar-refractivity contribution in [3.63, 3.8) is 0 Å². The molecule has 1 aliphatic carbocycles. The van der Waals surface area contributed by atoms with Gasteiger partial charge in [0.1, 0.15) is 8.07 Å². The van der Waals surface area contributed by atoms with Crippen molar-refractivity contribution in [2.45, 2.75) is 17.9 Å². The molecule has 170 valence electrons. The Balaban J connectivity index is 1.54. The predicted octanol–water partition coefficient (Wildman–Crippen LogP) is 6.16. The largest absolute Gasteiger partial charge is 0.148 e. The molecule has 1 unspecified atom stereocenters. The Morgan fingerprint density at radius 3 is 1.11 bits per heavy atom. The molecule has 0 amide bonds. The summed E-state index contributed by atoms with van der Waals surface area (Å²) >= 11 is 0. The van der Waals surface area contributed by atoms with Crippen LogP contribution < -0.4 is 15.6 Å². The standard InChI is InChI=1S/C34H30Si/c1-6-16-28(17-7-1)34(29-18-8-2-9-19-29)26-30(34)27-35(31-20-10-3-11-21-31,32-22-12-4-13-23-32)33-24-14-5-15-25-33/h1-25,30H,26-27H2. The van der Waals surface area contributed by atoms with Gasteiger partial charge in [-0.2, -0.15) is 0 Å². The van der Waals surface area contributed by atoms with Gasteiger partial charge in [0.2, 0.25) is 0 Å². The minimum absolute atomic E-state index is 0.0825. The van der Waals surface area contributed by atoms with Gasteiger partial charge in [-0.25, -0.2) is 0 Å². The summed E-state index contributed by atoms with van der Waals surface area (Å²) in [7, 11) is -2.28. The molecule has 0 heterocycles. The third-order valence-electron chi connectivity index (χ3n) is 8.04. The van der Waals surface area contributed by atoms with E-state index in [0.717, 1.165) is 0 Å². The Kier molecular flexibility index (Phi) is 5.72. The highest BCUT2D eigenvalue weighted by atomic mass is 28.3. The minimum Gasteiger partial charge on any atom is -0.0624 e. The monoisotopic (exact) mass is 466 g/mol. The second-order valence-electron chi connectivity index (χ2n) is 9.81. The molecule has 5 aromatic rings. The van der Waals surface area contributed by atoms with Crippen molar-refractivity contribution in [1.29, 1.82) is 0 Å². The second kappa shape index (κ2) is 9.17. The van der Waals surface area contributed by atoms with Gasteiger partial charge in [-0.15, -0.1) is 0 Å². The molecule has 0 radical (unpaired) electrons. The van der Waals surface area contributed by atoms with Crippen molar-refractivity contribution in [2.24, 2.45) is 5.92 Å². The van der Waals surface area contributed by atoms with Crippen LogP contribution in [0.2, 0.25) is 6.04 Å². The fourth-order valence-corrected chi connectivity index (χ4v) is 11.5. The zero-order chi connectivity index (χ0) is 23.6. The molecule has 1 aliphatic rings. The van der Waals surface area contributed by atoms with E-state index in [4.69, 9.17) is 0 Å². The van der Waals surface area contributed by atoms with E-state index in [9.17, 15) is 0 Å². The third kappa shape index (κ3) is 3.77. The van der Waals surface area contributed by atoms with Crippen LogP contribution in [0, 0.1) is 5.92 Å². The molecule has 0 N–H and O–H groups in total. The number of rotatable bonds is 7. The highest BCUT2D eigenvalue weighted by Gasteiger charge is 2.59. The molecule has 5 aromatic carbocycles. The lowest BCUT2D eigenvalue weighted by Gasteiger charge is -2.35. The van der Waals surface area contributed by atoms with Crippen molar-refractivity contribution in [3.05, 3.63) is 163 Å². The summed E-state index contributed by atoms with van der Waals surface area (Å²) in [5.74, 6) is 0.583. The zero-order valence-corrected chi connectivity index (χ0v) is 20.9. The fraction of sp³-hybridized carbons (Fsp3) is 0.118. The Morgan fingerprint density at radius 1 is 0.457 bits per heavy atom. The molecular weight excluding hydrogens is 436 g/mol. The van der Waals surface area contributed by atoms with Gasteiger partial charge < -0.3 is 0 Å². The minimum atomic E-state index is -2.28. The Hall–Kier alpha value is -3.68. The summed E-state index contributed by atoms with van der Waals surface area (Å²) in [4.78, 5) is 0. The van der Waals surface area contributed by atoms with E-state index >= 15 is 0 Å². The molecule has 0 aliphatic heterocycles. The van der Waals surface area contributed by atoms with Crippen LogP contribution in [0.25, 0.3) is 0 Å². The van der Waals surface area contributed by atoms with Crippen LogP contribution in [0.5, 0.6) is 0 Å². The van der Waals surface area contributed by atoms with Gasteiger partial charge >= 0.3 is 0 Å². The summed E-state index contributed by atoms with van der Waals surface area (Å²) in [5.41, 5.74) is 2.99. The SMILES string of the molecule is c1ccc(C2(c3ccccc3)CC2C[Si](c2ccccc2)(c2ccccc2)c2ccccc2)cc1. The van der Waals surface area contributed by atoms with Gasteiger partial charge in [-0.05, 0) is 45.1 Å². The number of hydrogen-bond donors (Lipinski definition) is 0. The molecule has 0 aromatic heterocycles. The second-order valence-corrected chi connectivity index (χ2v) is 13.8. The molecule has 35 heavy (non-hydrogen) atoms. The van der Waals surface area contributed by atoms with Gasteiger partial charge in [-0.1, -0.05) is 152 Å². The summed E-state index contributed by atoms with van der Waals surface area (Å²) in [6.07, 6.45) is 1.20. The number of benzene rings is 5. The van der Waals surface area contributed by atoms with Crippen LogP contribution in [-0.2, 0) is 5.41 Å². The lowest BCUT2D eigenvalue weighted by atomic mass is 9.86. The summed E-state index contributed by atoms with van der Waals surface area (Å²) in [5, 5.41) is 4.50. The quantitative estimate of drug-likeness (QED) is 0.199. The molecule has 6 rings (SSSR count). The molecule has 0 saturated heterocycles. The van der Waals surface area contributed by atoms with Gasteiger partial charge in [0.25, 0.3) is 0 Å². The van der Waals surface area contributed by atoms with Gasteiger partial charge in [0.05, 0.1) is 0 Å². The molecule has 0 bridgehead atoms. The van der Waals surface area contributed by atoms with Crippen LogP contribution in [0.15, 0.2) is 152 Å². The van der Waals surface area contributed by atoms with Crippen LogP contribution in [0.3, 0.4) is 0 Å². The van der Waals surface area contributed by atoms with Crippen molar-refractivity contribution in [1.82, 2.24) is 0 Å². The first-order valence-corrected chi connectivity index (χ1v) is 14.8. The summed E-state index contributed by atoms with van der Waals surface area (Å²) < 4.78 is 0. The predicted molar refractivity (Wildman–Crippen MR) is 151 cm³/mol. The van der Waals surface area contributed by atoms with Crippen molar-refractivity contribution in [2.75, 3.05) is 0 Å². The molecule has 0 nitrogen and oxygen atoms in total. The van der Waals surface area contributed by atoms with E-state index in [1.54, 1.807) is 0 Å². The maximum atomic E-state index is 2.38. The van der Waals surface area contributed by atoms with Crippen LogP contribution in [-0.4, -0.2) is 8.07 Å². The Labute approximate surface area is 209 Å². The molecule has 1 atom stereocenters. The van der Waals surface area contributed by atoms with Crippen LogP contribution in [0.1, 0.15) is 17.5 Å². The van der Waals surface area contributed by atoms with E-state index in [2.05, 4.69) is 152 Å². The van der Waals surface area contributed by atoms with E-state index < -0.39 is 8.07 Å². The van der Waals surface area contributed by atoms with Gasteiger partial charge in [0.15, 0.2) is 0 Å². The highest BCUT2D eigenvalue weighted by Crippen LogP contribution is 2.61. The highest BCUT2D eigenvalue weighted by molar-refractivity contribution is 7.11. The van der Waals surface area contributed by atoms with Crippen molar-refractivity contribution in [3.8, 4) is 0 Å². The normalized spacial score (nSPS) is 16.5. The van der Waals surface area contributed by atoms with Crippen molar-refractivity contribution < 1.29 is 0 Å². The maximum absolute atomic E-state index is 2.38. The summed E-state index contributed by atoms with van der Waals surface area (Å²) in [6.45, 7) is 0. The Morgan fingerprint density at radius 2 is 0.771 bits per heavy atom.